The van der Waals surface area contributed by atoms with E-state index in [9.17, 15) is 8.42 Å². The fourth-order valence-corrected chi connectivity index (χ4v) is 4.33. The SMILES string of the molecule is CNS(=O)(=O)c1ccc2c(c1)CCN2c1c(OC)nnc2cccc(OC)c12. The zero-order valence-electron chi connectivity index (χ0n) is 15.8. The van der Waals surface area contributed by atoms with Crippen molar-refractivity contribution in [1.82, 2.24) is 14.9 Å². The minimum Gasteiger partial charge on any atom is -0.496 e. The highest BCUT2D eigenvalue weighted by Crippen LogP contribution is 2.45. The van der Waals surface area contributed by atoms with Gasteiger partial charge in [-0.15, -0.1) is 10.2 Å². The van der Waals surface area contributed by atoms with Crippen LogP contribution in [0, 0.1) is 0 Å². The molecule has 1 aromatic heterocycles. The third kappa shape index (κ3) is 2.83. The highest BCUT2D eigenvalue weighted by atomic mass is 32.2. The van der Waals surface area contributed by atoms with Gasteiger partial charge in [0.05, 0.1) is 30.0 Å². The van der Waals surface area contributed by atoms with Crippen molar-refractivity contribution in [2.75, 3.05) is 32.7 Å². The van der Waals surface area contributed by atoms with Crippen LogP contribution in [0.5, 0.6) is 11.6 Å². The number of fused-ring (bicyclic) bond motifs is 2. The molecule has 146 valence electrons. The van der Waals surface area contributed by atoms with Gasteiger partial charge in [-0.05, 0) is 49.4 Å². The monoisotopic (exact) mass is 400 g/mol. The van der Waals surface area contributed by atoms with Crippen LogP contribution in [0.3, 0.4) is 0 Å². The minimum atomic E-state index is -3.50. The van der Waals surface area contributed by atoms with E-state index in [0.29, 0.717) is 30.1 Å². The summed E-state index contributed by atoms with van der Waals surface area (Å²) in [5.41, 5.74) is 3.30. The Morgan fingerprint density at radius 1 is 1.11 bits per heavy atom. The van der Waals surface area contributed by atoms with E-state index in [1.807, 2.05) is 24.3 Å². The summed E-state index contributed by atoms with van der Waals surface area (Å²) in [6, 6.07) is 10.7. The number of hydrogen-bond donors (Lipinski definition) is 1. The van der Waals surface area contributed by atoms with Crippen LogP contribution in [0.4, 0.5) is 11.4 Å². The van der Waals surface area contributed by atoms with E-state index < -0.39 is 10.0 Å². The molecule has 0 aliphatic carbocycles. The second-order valence-electron chi connectivity index (χ2n) is 6.31. The van der Waals surface area contributed by atoms with Gasteiger partial charge < -0.3 is 14.4 Å². The van der Waals surface area contributed by atoms with Crippen molar-refractivity contribution in [3.05, 3.63) is 42.0 Å². The molecule has 2 heterocycles. The molecule has 0 spiro atoms. The molecule has 28 heavy (non-hydrogen) atoms. The standard InChI is InChI=1S/C19H20N4O4S/c1-20-28(24,25)13-7-8-15-12(11-13)9-10-23(15)18-17-14(21-22-19(18)27-3)5-4-6-16(17)26-2/h4-8,11,20H,9-10H2,1-3H3. The van der Waals surface area contributed by atoms with E-state index in [2.05, 4.69) is 19.8 Å². The van der Waals surface area contributed by atoms with Crippen LogP contribution in [0.2, 0.25) is 0 Å². The molecule has 0 atom stereocenters. The summed E-state index contributed by atoms with van der Waals surface area (Å²) in [5.74, 6) is 1.06. The van der Waals surface area contributed by atoms with Gasteiger partial charge in [0.25, 0.3) is 5.88 Å². The smallest absolute Gasteiger partial charge is 0.258 e. The molecule has 2 aromatic carbocycles. The quantitative estimate of drug-likeness (QED) is 0.702. The van der Waals surface area contributed by atoms with Crippen molar-refractivity contribution in [2.45, 2.75) is 11.3 Å². The Morgan fingerprint density at radius 3 is 2.64 bits per heavy atom. The maximum Gasteiger partial charge on any atom is 0.258 e. The van der Waals surface area contributed by atoms with Crippen molar-refractivity contribution in [3.63, 3.8) is 0 Å². The topological polar surface area (TPSA) is 93.7 Å². The van der Waals surface area contributed by atoms with E-state index >= 15 is 0 Å². The minimum absolute atomic E-state index is 0.248. The lowest BCUT2D eigenvalue weighted by Crippen LogP contribution is -2.19. The Labute approximate surface area is 163 Å². The Hall–Kier alpha value is -2.91. The van der Waals surface area contributed by atoms with Crippen LogP contribution in [-0.4, -0.2) is 46.4 Å². The summed E-state index contributed by atoms with van der Waals surface area (Å²) in [7, 11) is 1.07. The molecule has 0 fully saturated rings. The van der Waals surface area contributed by atoms with Crippen LogP contribution in [0.25, 0.3) is 10.9 Å². The van der Waals surface area contributed by atoms with Crippen LogP contribution in [0.15, 0.2) is 41.3 Å². The molecular weight excluding hydrogens is 380 g/mol. The first-order valence-corrected chi connectivity index (χ1v) is 10.2. The summed E-state index contributed by atoms with van der Waals surface area (Å²) < 4.78 is 37.7. The molecule has 1 aliphatic heterocycles. The zero-order chi connectivity index (χ0) is 19.9. The lowest BCUT2D eigenvalue weighted by molar-refractivity contribution is 0.393. The Balaban J connectivity index is 1.92. The molecule has 0 saturated heterocycles. The molecule has 3 aromatic rings. The summed E-state index contributed by atoms with van der Waals surface area (Å²) in [4.78, 5) is 2.32. The highest BCUT2D eigenvalue weighted by molar-refractivity contribution is 7.89. The summed E-state index contributed by atoms with van der Waals surface area (Å²) in [6.45, 7) is 0.660. The number of benzene rings is 2. The number of nitrogens with one attached hydrogen (secondary N) is 1. The van der Waals surface area contributed by atoms with Gasteiger partial charge in [-0.3, -0.25) is 0 Å². The molecule has 0 saturated carbocycles. The van der Waals surface area contributed by atoms with Crippen molar-refractivity contribution in [2.24, 2.45) is 0 Å². The van der Waals surface area contributed by atoms with Gasteiger partial charge in [0.15, 0.2) is 0 Å². The third-order valence-electron chi connectivity index (χ3n) is 4.90. The first-order chi connectivity index (χ1) is 13.5. The van der Waals surface area contributed by atoms with Crippen LogP contribution in [-0.2, 0) is 16.4 Å². The van der Waals surface area contributed by atoms with Crippen LogP contribution < -0.4 is 19.1 Å². The predicted octanol–water partition coefficient (Wildman–Crippen LogP) is 2.25. The average Bonchev–Trinajstić information content (AvgIpc) is 3.15. The maximum atomic E-state index is 12.1. The first kappa shape index (κ1) is 18.5. The van der Waals surface area contributed by atoms with Gasteiger partial charge in [0.1, 0.15) is 11.4 Å². The number of sulfonamides is 1. The molecule has 0 bridgehead atoms. The van der Waals surface area contributed by atoms with Gasteiger partial charge in [-0.25, -0.2) is 13.1 Å². The number of hydrogen-bond acceptors (Lipinski definition) is 7. The van der Waals surface area contributed by atoms with E-state index in [1.54, 1.807) is 26.4 Å². The van der Waals surface area contributed by atoms with Gasteiger partial charge in [0.2, 0.25) is 10.0 Å². The van der Waals surface area contributed by atoms with Gasteiger partial charge in [0, 0.05) is 12.2 Å². The molecule has 1 N–H and O–H groups in total. The third-order valence-corrected chi connectivity index (χ3v) is 6.31. The lowest BCUT2D eigenvalue weighted by atomic mass is 10.1. The molecule has 8 nitrogen and oxygen atoms in total. The zero-order valence-corrected chi connectivity index (χ0v) is 16.6. The highest BCUT2D eigenvalue weighted by Gasteiger charge is 2.28. The molecular formula is C19H20N4O4S. The Morgan fingerprint density at radius 2 is 1.93 bits per heavy atom. The van der Waals surface area contributed by atoms with Crippen LogP contribution >= 0.6 is 0 Å². The van der Waals surface area contributed by atoms with Crippen molar-refractivity contribution in [3.8, 4) is 11.6 Å². The van der Waals surface area contributed by atoms with Crippen molar-refractivity contribution >= 4 is 32.3 Å². The fraction of sp³-hybridized carbons (Fsp3) is 0.263. The number of rotatable bonds is 5. The van der Waals surface area contributed by atoms with E-state index in [0.717, 1.165) is 22.3 Å². The Kier molecular flexibility index (Phi) is 4.56. The van der Waals surface area contributed by atoms with Crippen molar-refractivity contribution in [1.29, 1.82) is 0 Å². The normalized spacial score (nSPS) is 13.6. The van der Waals surface area contributed by atoms with Gasteiger partial charge in [-0.2, -0.15) is 0 Å². The molecule has 1 aliphatic rings. The average molecular weight is 400 g/mol. The second kappa shape index (κ2) is 6.92. The summed E-state index contributed by atoms with van der Waals surface area (Å²) in [5, 5.41) is 9.25. The number of ether oxygens (including phenoxy) is 2. The van der Waals surface area contributed by atoms with Crippen molar-refractivity contribution < 1.29 is 17.9 Å². The number of methoxy groups -OCH3 is 2. The largest absolute Gasteiger partial charge is 0.496 e. The maximum absolute atomic E-state index is 12.1. The summed E-state index contributed by atoms with van der Waals surface area (Å²) in [6.07, 6.45) is 0.699. The van der Waals surface area contributed by atoms with Crippen LogP contribution in [0.1, 0.15) is 5.56 Å². The molecule has 0 amide bonds. The van der Waals surface area contributed by atoms with E-state index in [4.69, 9.17) is 9.47 Å². The number of anilines is 2. The molecule has 0 unspecified atom stereocenters. The number of nitrogens with zero attached hydrogens (tertiary/aromatic N) is 3. The Bertz CT molecular complexity index is 1160. The first-order valence-electron chi connectivity index (χ1n) is 8.71. The molecule has 4 rings (SSSR count). The predicted molar refractivity (Wildman–Crippen MR) is 106 cm³/mol. The summed E-state index contributed by atoms with van der Waals surface area (Å²) >= 11 is 0. The van der Waals surface area contributed by atoms with Gasteiger partial charge in [-0.1, -0.05) is 6.07 Å². The van der Waals surface area contributed by atoms with Gasteiger partial charge >= 0.3 is 0 Å². The fourth-order valence-electron chi connectivity index (χ4n) is 3.55. The second-order valence-corrected chi connectivity index (χ2v) is 8.20. The molecule has 9 heteroatoms. The number of aromatic nitrogens is 2. The lowest BCUT2D eigenvalue weighted by Gasteiger charge is -2.23. The van der Waals surface area contributed by atoms with E-state index in [-0.39, 0.29) is 4.90 Å². The molecule has 0 radical (unpaired) electrons. The van der Waals surface area contributed by atoms with E-state index in [1.165, 1.54) is 7.05 Å².